The van der Waals surface area contributed by atoms with Crippen LogP contribution in [-0.2, 0) is 25.6 Å². The van der Waals surface area contributed by atoms with Gasteiger partial charge in [-0.3, -0.25) is 10.3 Å². The van der Waals surface area contributed by atoms with Crippen molar-refractivity contribution in [2.45, 2.75) is 12.9 Å². The number of nitrogens with zero attached hydrogens (tertiary/aromatic N) is 1. The SMILES string of the molecule is O=C(Nc1ccnc(=O)[nH]1)OCc1ccccc1.O=C(OCC1OCCO1)c1ccccc1. The van der Waals surface area contributed by atoms with E-state index in [0.717, 1.165) is 5.56 Å². The molecule has 10 nitrogen and oxygen atoms in total. The summed E-state index contributed by atoms with van der Waals surface area (Å²) in [6.07, 6.45) is 0.254. The first-order chi connectivity index (χ1) is 16.1. The molecule has 2 heterocycles. The molecule has 0 radical (unpaired) electrons. The van der Waals surface area contributed by atoms with Crippen molar-refractivity contribution in [1.29, 1.82) is 0 Å². The number of hydrogen-bond donors (Lipinski definition) is 2. The van der Waals surface area contributed by atoms with Crippen molar-refractivity contribution in [2.24, 2.45) is 0 Å². The van der Waals surface area contributed by atoms with Gasteiger partial charge in [-0.15, -0.1) is 0 Å². The Labute approximate surface area is 189 Å². The molecule has 2 aromatic carbocycles. The molecule has 1 fully saturated rings. The van der Waals surface area contributed by atoms with Gasteiger partial charge in [0, 0.05) is 6.20 Å². The summed E-state index contributed by atoms with van der Waals surface area (Å²) >= 11 is 0. The minimum Gasteiger partial charge on any atom is -0.457 e. The number of carbonyl (C=O) groups is 2. The summed E-state index contributed by atoms with van der Waals surface area (Å²) < 4.78 is 20.3. The fraction of sp³-hybridized carbons (Fsp3) is 0.217. The second-order valence-corrected chi connectivity index (χ2v) is 6.61. The van der Waals surface area contributed by atoms with Crippen molar-refractivity contribution in [3.8, 4) is 0 Å². The summed E-state index contributed by atoms with van der Waals surface area (Å²) in [4.78, 5) is 39.6. The number of benzene rings is 2. The minimum absolute atomic E-state index is 0.147. The Morgan fingerprint density at radius 1 is 0.970 bits per heavy atom. The molecule has 0 spiro atoms. The molecule has 1 aromatic heterocycles. The summed E-state index contributed by atoms with van der Waals surface area (Å²) in [5.41, 5.74) is 0.891. The number of carbonyl (C=O) groups excluding carboxylic acids is 2. The molecule has 1 aliphatic heterocycles. The molecule has 0 bridgehead atoms. The molecule has 1 saturated heterocycles. The summed E-state index contributed by atoms with van der Waals surface area (Å²) in [5.74, 6) is -0.109. The van der Waals surface area contributed by atoms with Crippen molar-refractivity contribution < 1.29 is 28.5 Å². The van der Waals surface area contributed by atoms with E-state index >= 15 is 0 Å². The smallest absolute Gasteiger partial charge is 0.413 e. The van der Waals surface area contributed by atoms with E-state index in [9.17, 15) is 14.4 Å². The first-order valence-corrected chi connectivity index (χ1v) is 10.1. The highest BCUT2D eigenvalue weighted by Crippen LogP contribution is 2.07. The average Bonchev–Trinajstić information content (AvgIpc) is 3.37. The van der Waals surface area contributed by atoms with Crippen molar-refractivity contribution in [3.63, 3.8) is 0 Å². The van der Waals surface area contributed by atoms with Crippen LogP contribution in [-0.4, -0.2) is 48.1 Å². The lowest BCUT2D eigenvalue weighted by atomic mass is 10.2. The number of H-pyrrole nitrogens is 1. The first-order valence-electron chi connectivity index (χ1n) is 10.1. The Morgan fingerprint density at radius 3 is 2.30 bits per heavy atom. The Kier molecular flexibility index (Phi) is 9.13. The fourth-order valence-corrected chi connectivity index (χ4v) is 2.62. The van der Waals surface area contributed by atoms with Crippen LogP contribution < -0.4 is 11.0 Å². The van der Waals surface area contributed by atoms with Crippen LogP contribution in [0.3, 0.4) is 0 Å². The van der Waals surface area contributed by atoms with Gasteiger partial charge in [-0.05, 0) is 23.8 Å². The zero-order valence-electron chi connectivity index (χ0n) is 17.6. The molecule has 172 valence electrons. The maximum absolute atomic E-state index is 11.5. The normalized spacial score (nSPS) is 12.8. The maximum Gasteiger partial charge on any atom is 0.413 e. The van der Waals surface area contributed by atoms with E-state index in [1.54, 1.807) is 24.3 Å². The molecule has 4 rings (SSSR count). The number of rotatable bonds is 6. The monoisotopic (exact) mass is 453 g/mol. The molecule has 0 unspecified atom stereocenters. The molecule has 1 aliphatic rings. The second kappa shape index (κ2) is 12.7. The first kappa shape index (κ1) is 23.6. The van der Waals surface area contributed by atoms with Gasteiger partial charge >= 0.3 is 17.8 Å². The van der Waals surface area contributed by atoms with E-state index in [-0.39, 0.29) is 25.0 Å². The van der Waals surface area contributed by atoms with Crippen LogP contribution in [0.5, 0.6) is 0 Å². The molecular formula is C23H23N3O7. The lowest BCUT2D eigenvalue weighted by Gasteiger charge is -2.09. The van der Waals surface area contributed by atoms with Crippen LogP contribution in [0.15, 0.2) is 77.7 Å². The van der Waals surface area contributed by atoms with Gasteiger partial charge in [0.15, 0.2) is 6.29 Å². The zero-order chi connectivity index (χ0) is 23.3. The predicted molar refractivity (Wildman–Crippen MR) is 118 cm³/mol. The van der Waals surface area contributed by atoms with E-state index in [2.05, 4.69) is 15.3 Å². The third kappa shape index (κ3) is 8.56. The summed E-state index contributed by atoms with van der Waals surface area (Å²) in [6, 6.07) is 19.6. The Balaban J connectivity index is 0.000000189. The molecule has 2 N–H and O–H groups in total. The molecule has 1 amide bonds. The molecule has 0 aliphatic carbocycles. The highest BCUT2D eigenvalue weighted by atomic mass is 16.7. The van der Waals surface area contributed by atoms with Gasteiger partial charge in [0.2, 0.25) is 0 Å². The van der Waals surface area contributed by atoms with Crippen LogP contribution in [0.25, 0.3) is 0 Å². The van der Waals surface area contributed by atoms with E-state index < -0.39 is 18.1 Å². The molecular weight excluding hydrogens is 430 g/mol. The van der Waals surface area contributed by atoms with Crippen molar-refractivity contribution in [2.75, 3.05) is 25.1 Å². The molecule has 3 aromatic rings. The third-order valence-electron chi connectivity index (χ3n) is 4.17. The van der Waals surface area contributed by atoms with Gasteiger partial charge in [0.05, 0.1) is 18.8 Å². The van der Waals surface area contributed by atoms with Gasteiger partial charge in [-0.1, -0.05) is 48.5 Å². The molecule has 10 heteroatoms. The number of aromatic nitrogens is 2. The Morgan fingerprint density at radius 2 is 1.64 bits per heavy atom. The van der Waals surface area contributed by atoms with Crippen molar-refractivity contribution in [1.82, 2.24) is 9.97 Å². The van der Waals surface area contributed by atoms with E-state index in [4.69, 9.17) is 18.9 Å². The zero-order valence-corrected chi connectivity index (χ0v) is 17.6. The molecule has 33 heavy (non-hydrogen) atoms. The van der Waals surface area contributed by atoms with Crippen LogP contribution in [0.2, 0.25) is 0 Å². The number of hydrogen-bond acceptors (Lipinski definition) is 8. The molecule has 0 atom stereocenters. The third-order valence-corrected chi connectivity index (χ3v) is 4.17. The van der Waals surface area contributed by atoms with Gasteiger partial charge in [-0.25, -0.2) is 19.4 Å². The van der Waals surface area contributed by atoms with Crippen LogP contribution >= 0.6 is 0 Å². The number of ether oxygens (including phenoxy) is 4. The van der Waals surface area contributed by atoms with E-state index in [1.807, 2.05) is 36.4 Å². The predicted octanol–water partition coefficient (Wildman–Crippen LogP) is 2.73. The minimum atomic E-state index is -0.638. The topological polar surface area (TPSA) is 129 Å². The van der Waals surface area contributed by atoms with Gasteiger partial charge in [-0.2, -0.15) is 0 Å². The number of nitrogens with one attached hydrogen (secondary N) is 2. The fourth-order valence-electron chi connectivity index (χ4n) is 2.62. The maximum atomic E-state index is 11.5. The Hall–Kier alpha value is -4.02. The average molecular weight is 453 g/mol. The lowest BCUT2D eigenvalue weighted by molar-refractivity contribution is -0.0809. The molecule has 0 saturated carbocycles. The van der Waals surface area contributed by atoms with Crippen molar-refractivity contribution >= 4 is 17.9 Å². The number of anilines is 1. The number of amides is 1. The number of aromatic amines is 1. The largest absolute Gasteiger partial charge is 0.457 e. The van der Waals surface area contributed by atoms with Crippen LogP contribution in [0, 0.1) is 0 Å². The van der Waals surface area contributed by atoms with Crippen LogP contribution in [0.4, 0.5) is 10.6 Å². The Bertz CT molecular complexity index is 1070. The lowest BCUT2D eigenvalue weighted by Crippen LogP contribution is -2.19. The van der Waals surface area contributed by atoms with Crippen LogP contribution in [0.1, 0.15) is 15.9 Å². The standard InChI is InChI=1S/C12H11N3O3.C11H12O4/c16-11-13-7-6-10(14-11)15-12(17)18-8-9-4-2-1-3-5-9;12-11(9-4-2-1-3-5-9)15-8-10-13-6-7-14-10/h1-7H,8H2,(H2,13,14,15,16,17);1-5,10H,6-8H2. The summed E-state index contributed by atoms with van der Waals surface area (Å²) in [6.45, 7) is 1.44. The summed E-state index contributed by atoms with van der Waals surface area (Å²) in [7, 11) is 0. The van der Waals surface area contributed by atoms with Gasteiger partial charge < -0.3 is 18.9 Å². The quantitative estimate of drug-likeness (QED) is 0.545. The van der Waals surface area contributed by atoms with E-state index in [0.29, 0.717) is 18.8 Å². The second-order valence-electron chi connectivity index (χ2n) is 6.61. The highest BCUT2D eigenvalue weighted by molar-refractivity contribution is 5.89. The van der Waals surface area contributed by atoms with Gasteiger partial charge in [0.1, 0.15) is 19.0 Å². The van der Waals surface area contributed by atoms with E-state index in [1.165, 1.54) is 12.3 Å². The van der Waals surface area contributed by atoms with Crippen molar-refractivity contribution in [3.05, 3.63) is 94.5 Å². The highest BCUT2D eigenvalue weighted by Gasteiger charge is 2.18. The summed E-state index contributed by atoms with van der Waals surface area (Å²) in [5, 5.41) is 2.40. The van der Waals surface area contributed by atoms with Gasteiger partial charge in [0.25, 0.3) is 0 Å². The number of esters is 1.